The van der Waals surface area contributed by atoms with Gasteiger partial charge in [0.05, 0.1) is 12.9 Å². The number of benzene rings is 2. The molecule has 1 aromatic heterocycles. The van der Waals surface area contributed by atoms with Crippen LogP contribution in [0.3, 0.4) is 0 Å². The highest BCUT2D eigenvalue weighted by atomic mass is 32.2. The minimum Gasteiger partial charge on any atom is -0.497 e. The van der Waals surface area contributed by atoms with Gasteiger partial charge in [0.2, 0.25) is 5.91 Å². The number of rotatable bonds is 10. The van der Waals surface area contributed by atoms with Crippen LogP contribution in [0.1, 0.15) is 51.2 Å². The van der Waals surface area contributed by atoms with Gasteiger partial charge >= 0.3 is 0 Å². The van der Waals surface area contributed by atoms with E-state index in [2.05, 4.69) is 36.3 Å². The maximum atomic E-state index is 12.5. The number of amides is 1. The largest absolute Gasteiger partial charge is 0.497 e. The molecule has 32 heavy (non-hydrogen) atoms. The molecule has 1 amide bonds. The first-order chi connectivity index (χ1) is 15.4. The number of para-hydroxylation sites is 1. The SMILES string of the molecule is CCc1ccccc1NC(=O)CSc1nnc(C(C)Oc2ccc(OC)cc2)n1C(C)C. The summed E-state index contributed by atoms with van der Waals surface area (Å²) < 4.78 is 13.3. The summed E-state index contributed by atoms with van der Waals surface area (Å²) in [6.45, 7) is 8.14. The molecule has 3 aromatic rings. The number of carbonyl (C=O) groups excluding carboxylic acids is 1. The predicted molar refractivity (Wildman–Crippen MR) is 128 cm³/mol. The second-order valence-corrected chi connectivity index (χ2v) is 8.53. The molecule has 0 saturated heterocycles. The molecule has 1 atom stereocenters. The number of hydrogen-bond donors (Lipinski definition) is 1. The summed E-state index contributed by atoms with van der Waals surface area (Å²) >= 11 is 1.37. The zero-order chi connectivity index (χ0) is 23.1. The molecule has 0 aliphatic carbocycles. The summed E-state index contributed by atoms with van der Waals surface area (Å²) in [4.78, 5) is 12.5. The lowest BCUT2D eigenvalue weighted by molar-refractivity contribution is -0.113. The van der Waals surface area contributed by atoms with Gasteiger partial charge in [-0.05, 0) is 63.1 Å². The van der Waals surface area contributed by atoms with Crippen LogP contribution in [0.2, 0.25) is 0 Å². The summed E-state index contributed by atoms with van der Waals surface area (Å²) in [6.07, 6.45) is 0.554. The van der Waals surface area contributed by atoms with Gasteiger partial charge in [-0.1, -0.05) is 36.9 Å². The van der Waals surface area contributed by atoms with Gasteiger partial charge in [0, 0.05) is 11.7 Å². The minimum absolute atomic E-state index is 0.0710. The molecule has 0 spiro atoms. The molecule has 7 nitrogen and oxygen atoms in total. The number of carbonyl (C=O) groups is 1. The first-order valence-corrected chi connectivity index (χ1v) is 11.7. The van der Waals surface area contributed by atoms with Crippen molar-refractivity contribution in [3.05, 3.63) is 59.9 Å². The Morgan fingerprint density at radius 1 is 1.06 bits per heavy atom. The van der Waals surface area contributed by atoms with Crippen molar-refractivity contribution in [1.82, 2.24) is 14.8 Å². The Morgan fingerprint density at radius 3 is 2.41 bits per heavy atom. The van der Waals surface area contributed by atoms with E-state index < -0.39 is 0 Å². The molecule has 8 heteroatoms. The van der Waals surface area contributed by atoms with E-state index in [0.29, 0.717) is 5.16 Å². The normalized spacial score (nSPS) is 11.9. The van der Waals surface area contributed by atoms with Crippen molar-refractivity contribution in [2.45, 2.75) is 51.4 Å². The van der Waals surface area contributed by atoms with Crippen LogP contribution < -0.4 is 14.8 Å². The molecule has 0 bridgehead atoms. The molecule has 170 valence electrons. The average molecular weight is 455 g/mol. The number of nitrogens with zero attached hydrogens (tertiary/aromatic N) is 3. The number of thioether (sulfide) groups is 1. The highest BCUT2D eigenvalue weighted by molar-refractivity contribution is 7.99. The Hall–Kier alpha value is -3.00. The molecule has 0 saturated carbocycles. The van der Waals surface area contributed by atoms with Gasteiger partial charge < -0.3 is 19.4 Å². The van der Waals surface area contributed by atoms with Gasteiger partial charge in [-0.3, -0.25) is 4.79 Å². The number of anilines is 1. The van der Waals surface area contributed by atoms with E-state index in [1.54, 1.807) is 7.11 Å². The smallest absolute Gasteiger partial charge is 0.234 e. The Bertz CT molecular complexity index is 1030. The average Bonchev–Trinajstić information content (AvgIpc) is 3.23. The lowest BCUT2D eigenvalue weighted by Crippen LogP contribution is -2.17. The fourth-order valence-corrected chi connectivity index (χ4v) is 4.20. The maximum Gasteiger partial charge on any atom is 0.234 e. The quantitative estimate of drug-likeness (QED) is 0.419. The summed E-state index contributed by atoms with van der Waals surface area (Å²) in [7, 11) is 1.63. The van der Waals surface area contributed by atoms with Gasteiger partial charge in [-0.2, -0.15) is 0 Å². The molecule has 1 heterocycles. The van der Waals surface area contributed by atoms with Crippen LogP contribution in [0, 0.1) is 0 Å². The summed E-state index contributed by atoms with van der Waals surface area (Å²) in [5, 5.41) is 12.4. The molecule has 3 rings (SSSR count). The molecule has 2 aromatic carbocycles. The second-order valence-electron chi connectivity index (χ2n) is 7.59. The number of aryl methyl sites for hydroxylation is 1. The van der Waals surface area contributed by atoms with Crippen molar-refractivity contribution in [3.63, 3.8) is 0 Å². The van der Waals surface area contributed by atoms with E-state index in [0.717, 1.165) is 35.0 Å². The lowest BCUT2D eigenvalue weighted by atomic mass is 10.1. The third-order valence-electron chi connectivity index (χ3n) is 4.95. The standard InChI is InChI=1S/C24H30N4O3S/c1-6-18-9-7-8-10-21(18)25-22(29)15-32-24-27-26-23(28(24)16(2)3)17(4)31-20-13-11-19(30-5)12-14-20/h7-14,16-17H,6,15H2,1-5H3,(H,25,29). The van der Waals surface area contributed by atoms with E-state index in [-0.39, 0.29) is 23.8 Å². The molecular weight excluding hydrogens is 424 g/mol. The van der Waals surface area contributed by atoms with Crippen molar-refractivity contribution < 1.29 is 14.3 Å². The zero-order valence-electron chi connectivity index (χ0n) is 19.2. The van der Waals surface area contributed by atoms with E-state index in [9.17, 15) is 4.79 Å². The van der Waals surface area contributed by atoms with Crippen molar-refractivity contribution >= 4 is 23.4 Å². The van der Waals surface area contributed by atoms with Gasteiger partial charge in [-0.25, -0.2) is 0 Å². The van der Waals surface area contributed by atoms with E-state index in [1.807, 2.05) is 60.0 Å². The van der Waals surface area contributed by atoms with E-state index >= 15 is 0 Å². The molecule has 0 aliphatic rings. The first-order valence-electron chi connectivity index (χ1n) is 10.7. The fraction of sp³-hybridized carbons (Fsp3) is 0.375. The zero-order valence-corrected chi connectivity index (χ0v) is 20.0. The van der Waals surface area contributed by atoms with Crippen molar-refractivity contribution in [3.8, 4) is 11.5 Å². The van der Waals surface area contributed by atoms with Crippen LogP contribution in [0.4, 0.5) is 5.69 Å². The molecule has 0 radical (unpaired) electrons. The fourth-order valence-electron chi connectivity index (χ4n) is 3.33. The number of nitrogens with one attached hydrogen (secondary N) is 1. The van der Waals surface area contributed by atoms with Gasteiger partial charge in [0.25, 0.3) is 0 Å². The highest BCUT2D eigenvalue weighted by Gasteiger charge is 2.22. The maximum absolute atomic E-state index is 12.5. The van der Waals surface area contributed by atoms with E-state index in [1.165, 1.54) is 11.8 Å². The van der Waals surface area contributed by atoms with Crippen molar-refractivity contribution in [2.24, 2.45) is 0 Å². The summed E-state index contributed by atoms with van der Waals surface area (Å²) in [5.74, 6) is 2.39. The Labute approximate surface area is 193 Å². The van der Waals surface area contributed by atoms with Crippen LogP contribution in [0.5, 0.6) is 11.5 Å². The van der Waals surface area contributed by atoms with Gasteiger partial charge in [0.1, 0.15) is 11.5 Å². The number of hydrogen-bond acceptors (Lipinski definition) is 6. The van der Waals surface area contributed by atoms with Crippen LogP contribution in [0.15, 0.2) is 53.7 Å². The second kappa shape index (κ2) is 11.0. The third-order valence-corrected chi connectivity index (χ3v) is 5.89. The van der Waals surface area contributed by atoms with Crippen molar-refractivity contribution in [2.75, 3.05) is 18.2 Å². The molecular formula is C24H30N4O3S. The summed E-state index contributed by atoms with van der Waals surface area (Å²) in [5.41, 5.74) is 1.97. The molecule has 0 aliphatic heterocycles. The van der Waals surface area contributed by atoms with E-state index in [4.69, 9.17) is 9.47 Å². The van der Waals surface area contributed by atoms with Crippen LogP contribution in [-0.4, -0.2) is 33.5 Å². The van der Waals surface area contributed by atoms with Crippen LogP contribution in [-0.2, 0) is 11.2 Å². The molecule has 1 unspecified atom stereocenters. The van der Waals surface area contributed by atoms with Gasteiger partial charge in [0.15, 0.2) is 17.1 Å². The number of aromatic nitrogens is 3. The highest BCUT2D eigenvalue weighted by Crippen LogP contribution is 2.28. The predicted octanol–water partition coefficient (Wildman–Crippen LogP) is 5.30. The molecule has 1 N–H and O–H groups in total. The van der Waals surface area contributed by atoms with Crippen molar-refractivity contribution in [1.29, 1.82) is 0 Å². The Kier molecular flexibility index (Phi) is 8.16. The number of methoxy groups -OCH3 is 1. The Morgan fingerprint density at radius 2 is 1.75 bits per heavy atom. The lowest BCUT2D eigenvalue weighted by Gasteiger charge is -2.19. The summed E-state index contributed by atoms with van der Waals surface area (Å²) in [6, 6.07) is 15.4. The number of ether oxygens (including phenoxy) is 2. The van der Waals surface area contributed by atoms with Crippen LogP contribution >= 0.6 is 11.8 Å². The minimum atomic E-state index is -0.307. The molecule has 0 fully saturated rings. The Balaban J connectivity index is 1.67. The third kappa shape index (κ3) is 5.82. The first kappa shape index (κ1) is 23.7. The monoisotopic (exact) mass is 454 g/mol. The topological polar surface area (TPSA) is 78.3 Å². The van der Waals surface area contributed by atoms with Crippen LogP contribution in [0.25, 0.3) is 0 Å². The van der Waals surface area contributed by atoms with Gasteiger partial charge in [-0.15, -0.1) is 10.2 Å².